The molecule has 0 bridgehead atoms. The third-order valence-electron chi connectivity index (χ3n) is 3.52. The van der Waals surface area contributed by atoms with Crippen LogP contribution >= 0.6 is 23.1 Å². The number of nitrogens with zero attached hydrogens (tertiary/aromatic N) is 1. The first kappa shape index (κ1) is 16.0. The molecule has 0 atom stereocenters. The summed E-state index contributed by atoms with van der Waals surface area (Å²) in [6.07, 6.45) is 0.914. The van der Waals surface area contributed by atoms with Gasteiger partial charge >= 0.3 is 0 Å². The van der Waals surface area contributed by atoms with Gasteiger partial charge in [0.1, 0.15) is 5.03 Å². The zero-order chi connectivity index (χ0) is 16.1. The van der Waals surface area contributed by atoms with Crippen LogP contribution in [0.4, 0.5) is 0 Å². The summed E-state index contributed by atoms with van der Waals surface area (Å²) in [6, 6.07) is 14.3. The maximum atomic E-state index is 12.0. The fraction of sp³-hybridized carbons (Fsp3) is 0.222. The number of aromatic nitrogens is 1. The summed E-state index contributed by atoms with van der Waals surface area (Å²) in [5.74, 6) is 0.435. The Hall–Kier alpha value is -1.85. The molecule has 1 N–H and O–H groups in total. The topological polar surface area (TPSA) is 42.0 Å². The maximum Gasteiger partial charge on any atom is 0.230 e. The zero-order valence-electron chi connectivity index (χ0n) is 12.9. The molecule has 5 heteroatoms. The Labute approximate surface area is 144 Å². The molecule has 3 aromatic rings. The molecule has 0 aliphatic carbocycles. The Bertz CT molecular complexity index is 800. The number of carbonyl (C=O) groups excluding carboxylic acids is 1. The lowest BCUT2D eigenvalue weighted by Crippen LogP contribution is -2.24. The van der Waals surface area contributed by atoms with Crippen molar-refractivity contribution < 1.29 is 4.79 Å². The summed E-state index contributed by atoms with van der Waals surface area (Å²) in [5, 5.41) is 7.07. The standard InChI is InChI=1S/C18H18N2OS2/c1-2-13-10-14-6-3-4-8-16(14)20-18(13)23-12-17(21)19-11-15-7-5-9-22-15/h3-10H,2,11-12H2,1H3,(H,19,21). The summed E-state index contributed by atoms with van der Waals surface area (Å²) in [7, 11) is 0. The molecule has 3 rings (SSSR count). The third-order valence-corrected chi connectivity index (χ3v) is 5.43. The quantitative estimate of drug-likeness (QED) is 0.680. The molecule has 0 unspecified atom stereocenters. The van der Waals surface area contributed by atoms with E-state index in [0.717, 1.165) is 22.3 Å². The molecule has 0 radical (unpaired) electrons. The van der Waals surface area contributed by atoms with Crippen molar-refractivity contribution in [2.75, 3.05) is 5.75 Å². The molecule has 0 aliphatic heterocycles. The van der Waals surface area contributed by atoms with Gasteiger partial charge in [-0.1, -0.05) is 43.0 Å². The van der Waals surface area contributed by atoms with Crippen molar-refractivity contribution >= 4 is 39.9 Å². The molecule has 3 nitrogen and oxygen atoms in total. The second kappa shape index (κ2) is 7.62. The van der Waals surface area contributed by atoms with Gasteiger partial charge in [0.05, 0.1) is 17.8 Å². The van der Waals surface area contributed by atoms with E-state index in [4.69, 9.17) is 4.98 Å². The van der Waals surface area contributed by atoms with E-state index in [1.165, 1.54) is 22.2 Å². The first-order valence-corrected chi connectivity index (χ1v) is 9.43. The zero-order valence-corrected chi connectivity index (χ0v) is 14.5. The highest BCUT2D eigenvalue weighted by Gasteiger charge is 2.09. The highest BCUT2D eigenvalue weighted by molar-refractivity contribution is 7.99. The number of nitrogens with one attached hydrogen (secondary N) is 1. The molecule has 0 fully saturated rings. The normalized spacial score (nSPS) is 10.8. The number of thioether (sulfide) groups is 1. The van der Waals surface area contributed by atoms with Gasteiger partial charge in [-0.3, -0.25) is 4.79 Å². The Morgan fingerprint density at radius 1 is 1.26 bits per heavy atom. The van der Waals surface area contributed by atoms with Crippen LogP contribution in [0.3, 0.4) is 0 Å². The average molecular weight is 342 g/mol. The molecule has 0 saturated carbocycles. The van der Waals surface area contributed by atoms with E-state index in [9.17, 15) is 4.79 Å². The maximum absolute atomic E-state index is 12.0. The van der Waals surface area contributed by atoms with Crippen molar-refractivity contribution in [3.8, 4) is 0 Å². The van der Waals surface area contributed by atoms with Crippen LogP contribution in [-0.2, 0) is 17.8 Å². The second-order valence-corrected chi connectivity index (χ2v) is 7.14. The van der Waals surface area contributed by atoms with Crippen molar-refractivity contribution in [2.24, 2.45) is 0 Å². The van der Waals surface area contributed by atoms with Gasteiger partial charge in [0.2, 0.25) is 5.91 Å². The number of benzene rings is 1. The van der Waals surface area contributed by atoms with Gasteiger partial charge in [-0.15, -0.1) is 11.3 Å². The minimum Gasteiger partial charge on any atom is -0.350 e. The van der Waals surface area contributed by atoms with Gasteiger partial charge in [-0.2, -0.15) is 0 Å². The predicted octanol–water partition coefficient (Wildman–Crippen LogP) is 4.27. The molecule has 2 aromatic heterocycles. The van der Waals surface area contributed by atoms with Crippen LogP contribution in [0.5, 0.6) is 0 Å². The van der Waals surface area contributed by atoms with E-state index in [2.05, 4.69) is 24.4 Å². The van der Waals surface area contributed by atoms with Crippen molar-refractivity contribution in [1.29, 1.82) is 0 Å². The SMILES string of the molecule is CCc1cc2ccccc2nc1SCC(=O)NCc1cccs1. The van der Waals surface area contributed by atoms with E-state index >= 15 is 0 Å². The van der Waals surface area contributed by atoms with Crippen molar-refractivity contribution in [3.63, 3.8) is 0 Å². The number of carbonyl (C=O) groups is 1. The summed E-state index contributed by atoms with van der Waals surface area (Å²) >= 11 is 3.17. The minimum absolute atomic E-state index is 0.0420. The number of hydrogen-bond donors (Lipinski definition) is 1. The highest BCUT2D eigenvalue weighted by Crippen LogP contribution is 2.25. The lowest BCUT2D eigenvalue weighted by Gasteiger charge is -2.09. The Balaban J connectivity index is 1.64. The number of rotatable bonds is 6. The van der Waals surface area contributed by atoms with Crippen LogP contribution in [0.15, 0.2) is 52.9 Å². The van der Waals surface area contributed by atoms with Gasteiger partial charge in [0, 0.05) is 10.3 Å². The monoisotopic (exact) mass is 342 g/mol. The number of pyridine rings is 1. The highest BCUT2D eigenvalue weighted by atomic mass is 32.2. The van der Waals surface area contributed by atoms with E-state index < -0.39 is 0 Å². The van der Waals surface area contributed by atoms with Crippen LogP contribution in [-0.4, -0.2) is 16.6 Å². The molecule has 0 aliphatic rings. The van der Waals surface area contributed by atoms with E-state index in [0.29, 0.717) is 12.3 Å². The number of hydrogen-bond acceptors (Lipinski definition) is 4. The van der Waals surface area contributed by atoms with Crippen molar-refractivity contribution in [3.05, 3.63) is 58.3 Å². The molecule has 1 aromatic carbocycles. The number of amides is 1. The van der Waals surface area contributed by atoms with Crippen molar-refractivity contribution in [1.82, 2.24) is 10.3 Å². The largest absolute Gasteiger partial charge is 0.350 e. The van der Waals surface area contributed by atoms with Gasteiger partial charge in [0.25, 0.3) is 0 Å². The summed E-state index contributed by atoms with van der Waals surface area (Å²) < 4.78 is 0. The predicted molar refractivity (Wildman–Crippen MR) is 98.0 cm³/mol. The molecule has 23 heavy (non-hydrogen) atoms. The van der Waals surface area contributed by atoms with Gasteiger partial charge < -0.3 is 5.32 Å². The smallest absolute Gasteiger partial charge is 0.230 e. The Morgan fingerprint density at radius 2 is 2.13 bits per heavy atom. The van der Waals surface area contributed by atoms with Gasteiger partial charge in [0.15, 0.2) is 0 Å². The third kappa shape index (κ3) is 4.12. The fourth-order valence-electron chi connectivity index (χ4n) is 2.30. The lowest BCUT2D eigenvalue weighted by molar-refractivity contribution is -0.118. The number of para-hydroxylation sites is 1. The average Bonchev–Trinajstić information content (AvgIpc) is 3.10. The second-order valence-electron chi connectivity index (χ2n) is 5.14. The van der Waals surface area contributed by atoms with Gasteiger partial charge in [-0.25, -0.2) is 4.98 Å². The Morgan fingerprint density at radius 3 is 2.91 bits per heavy atom. The van der Waals surface area contributed by atoms with Crippen LogP contribution in [0.1, 0.15) is 17.4 Å². The fourth-order valence-corrected chi connectivity index (χ4v) is 3.87. The van der Waals surface area contributed by atoms with Crippen LogP contribution in [0.2, 0.25) is 0 Å². The molecular formula is C18H18N2OS2. The number of fused-ring (bicyclic) bond motifs is 1. The molecule has 118 valence electrons. The van der Waals surface area contributed by atoms with E-state index in [1.807, 2.05) is 35.7 Å². The summed E-state index contributed by atoms with van der Waals surface area (Å²) in [5.41, 5.74) is 2.17. The number of aryl methyl sites for hydroxylation is 1. The van der Waals surface area contributed by atoms with Crippen LogP contribution < -0.4 is 5.32 Å². The van der Waals surface area contributed by atoms with E-state index in [-0.39, 0.29) is 5.91 Å². The molecule has 0 spiro atoms. The molecule has 0 saturated heterocycles. The first-order valence-electron chi connectivity index (χ1n) is 7.57. The van der Waals surface area contributed by atoms with E-state index in [1.54, 1.807) is 11.3 Å². The minimum atomic E-state index is 0.0420. The summed E-state index contributed by atoms with van der Waals surface area (Å²) in [6.45, 7) is 2.72. The molecule has 2 heterocycles. The lowest BCUT2D eigenvalue weighted by atomic mass is 10.1. The molecule has 1 amide bonds. The van der Waals surface area contributed by atoms with Crippen LogP contribution in [0.25, 0.3) is 10.9 Å². The van der Waals surface area contributed by atoms with Crippen LogP contribution in [0, 0.1) is 0 Å². The van der Waals surface area contributed by atoms with Crippen molar-refractivity contribution in [2.45, 2.75) is 24.9 Å². The first-order chi connectivity index (χ1) is 11.3. The number of thiophene rings is 1. The summed E-state index contributed by atoms with van der Waals surface area (Å²) in [4.78, 5) is 17.9. The molecular weight excluding hydrogens is 324 g/mol. The van der Waals surface area contributed by atoms with Gasteiger partial charge in [-0.05, 0) is 35.6 Å². The Kier molecular flexibility index (Phi) is 5.31.